The number of hydrogen-bond donors (Lipinski definition) is 2. The van der Waals surface area contributed by atoms with Crippen LogP contribution in [0.4, 0.5) is 4.79 Å². The van der Waals surface area contributed by atoms with Crippen molar-refractivity contribution < 1.29 is 9.53 Å². The van der Waals surface area contributed by atoms with Crippen molar-refractivity contribution in [2.45, 2.75) is 0 Å². The number of primary amides is 1. The molecule has 0 fully saturated rings. The van der Waals surface area contributed by atoms with Gasteiger partial charge in [-0.3, -0.25) is 0 Å². The van der Waals surface area contributed by atoms with Crippen LogP contribution < -0.4 is 10.5 Å². The predicted octanol–water partition coefficient (Wildman–Crippen LogP) is -0.133. The highest BCUT2D eigenvalue weighted by Gasteiger charge is 1.96. The van der Waals surface area contributed by atoms with Gasteiger partial charge in [0.1, 0.15) is 0 Å². The van der Waals surface area contributed by atoms with Gasteiger partial charge in [0, 0.05) is 0 Å². The van der Waals surface area contributed by atoms with E-state index >= 15 is 0 Å². The minimum absolute atomic E-state index is 0.183. The molecule has 0 spiro atoms. The Hall–Kier alpha value is -1.52. The number of H-pyrrole nitrogens is 1. The highest BCUT2D eigenvalue weighted by atomic mass is 16.6. The molecule has 0 aromatic carbocycles. The number of nitrogens with one attached hydrogen (secondary N) is 1. The summed E-state index contributed by atoms with van der Waals surface area (Å²) in [6, 6.07) is 0. The maximum Gasteiger partial charge on any atom is 0.411 e. The number of rotatable bonds is 1. The third kappa shape index (κ3) is 1.45. The van der Waals surface area contributed by atoms with Crippen LogP contribution in [0.3, 0.4) is 0 Å². The lowest BCUT2D eigenvalue weighted by molar-refractivity contribution is 0.209. The third-order valence-corrected chi connectivity index (χ3v) is 0.678. The highest BCUT2D eigenvalue weighted by molar-refractivity contribution is 5.67. The number of nitrogens with two attached hydrogens (primary N) is 1. The lowest BCUT2D eigenvalue weighted by atomic mass is 10.8. The lowest BCUT2D eigenvalue weighted by Gasteiger charge is -1.90. The standard InChI is InChI=1S/C4H5N3O2/c5-4(8)9-3-1-6-2-7-3/h1-2H,(H2,5,8)(H,6,7). The van der Waals surface area contributed by atoms with E-state index in [0.29, 0.717) is 0 Å². The van der Waals surface area contributed by atoms with E-state index in [1.807, 2.05) is 0 Å². The molecular weight excluding hydrogens is 122 g/mol. The average Bonchev–Trinajstić information content (AvgIpc) is 2.15. The van der Waals surface area contributed by atoms with Gasteiger partial charge in [-0.25, -0.2) is 9.78 Å². The maximum absolute atomic E-state index is 10.0. The summed E-state index contributed by atoms with van der Waals surface area (Å²) in [6.45, 7) is 0. The number of carbonyl (C=O) groups is 1. The molecule has 0 unspecified atom stereocenters. The molecule has 1 heterocycles. The molecule has 0 aliphatic rings. The number of hydrogen-bond acceptors (Lipinski definition) is 3. The van der Waals surface area contributed by atoms with Gasteiger partial charge in [0.15, 0.2) is 0 Å². The summed E-state index contributed by atoms with van der Waals surface area (Å²) in [5, 5.41) is 0. The van der Waals surface area contributed by atoms with Crippen LogP contribution in [0.1, 0.15) is 0 Å². The summed E-state index contributed by atoms with van der Waals surface area (Å²) >= 11 is 0. The number of carbonyl (C=O) groups excluding carboxylic acids is 1. The summed E-state index contributed by atoms with van der Waals surface area (Å²) in [5.41, 5.74) is 4.67. The number of ether oxygens (including phenoxy) is 1. The smallest absolute Gasteiger partial charge is 0.390 e. The van der Waals surface area contributed by atoms with Gasteiger partial charge in [0.25, 0.3) is 0 Å². The van der Waals surface area contributed by atoms with Gasteiger partial charge < -0.3 is 15.5 Å². The van der Waals surface area contributed by atoms with Gasteiger partial charge >= 0.3 is 6.09 Å². The second-order valence-electron chi connectivity index (χ2n) is 1.33. The first kappa shape index (κ1) is 5.61. The van der Waals surface area contributed by atoms with Crippen LogP contribution in [0.15, 0.2) is 12.5 Å². The Morgan fingerprint density at radius 2 is 2.67 bits per heavy atom. The SMILES string of the molecule is NC(=O)Oc1c[nH]cn1. The van der Waals surface area contributed by atoms with Crippen LogP contribution in [0.25, 0.3) is 0 Å². The normalized spacial score (nSPS) is 8.89. The molecule has 0 saturated heterocycles. The summed E-state index contributed by atoms with van der Waals surface area (Å²) in [6.07, 6.45) is 1.95. The summed E-state index contributed by atoms with van der Waals surface area (Å²) < 4.78 is 4.35. The largest absolute Gasteiger partial charge is 0.411 e. The Bertz CT molecular complexity index is 194. The van der Waals surface area contributed by atoms with Crippen molar-refractivity contribution >= 4 is 6.09 Å². The fourth-order valence-corrected chi connectivity index (χ4v) is 0.406. The first-order chi connectivity index (χ1) is 4.29. The van der Waals surface area contributed by atoms with Gasteiger partial charge in [-0.2, -0.15) is 0 Å². The van der Waals surface area contributed by atoms with E-state index in [-0.39, 0.29) is 5.88 Å². The zero-order valence-electron chi connectivity index (χ0n) is 4.50. The summed E-state index contributed by atoms with van der Waals surface area (Å²) in [4.78, 5) is 16.2. The van der Waals surface area contributed by atoms with E-state index in [9.17, 15) is 4.79 Å². The Morgan fingerprint density at radius 1 is 1.89 bits per heavy atom. The molecule has 5 heteroatoms. The van der Waals surface area contributed by atoms with Crippen molar-refractivity contribution in [3.05, 3.63) is 12.5 Å². The predicted molar refractivity (Wildman–Crippen MR) is 28.8 cm³/mol. The molecule has 0 bridgehead atoms. The van der Waals surface area contributed by atoms with Crippen molar-refractivity contribution in [3.63, 3.8) is 0 Å². The van der Waals surface area contributed by atoms with E-state index in [1.165, 1.54) is 12.5 Å². The molecular formula is C4H5N3O2. The van der Waals surface area contributed by atoms with Crippen LogP contribution >= 0.6 is 0 Å². The first-order valence-electron chi connectivity index (χ1n) is 2.25. The van der Waals surface area contributed by atoms with Gasteiger partial charge in [0.2, 0.25) is 5.88 Å². The monoisotopic (exact) mass is 127 g/mol. The van der Waals surface area contributed by atoms with Crippen LogP contribution in [0, 0.1) is 0 Å². The summed E-state index contributed by atoms with van der Waals surface area (Å²) in [7, 11) is 0. The average molecular weight is 127 g/mol. The Kier molecular flexibility index (Phi) is 1.35. The zero-order chi connectivity index (χ0) is 6.69. The van der Waals surface area contributed by atoms with Crippen LogP contribution in [-0.4, -0.2) is 16.1 Å². The van der Waals surface area contributed by atoms with Gasteiger partial charge in [-0.1, -0.05) is 0 Å². The number of aromatic nitrogens is 2. The molecule has 5 nitrogen and oxygen atoms in total. The van der Waals surface area contributed by atoms with Crippen molar-refractivity contribution in [1.29, 1.82) is 0 Å². The lowest BCUT2D eigenvalue weighted by Crippen LogP contribution is -2.16. The minimum Gasteiger partial charge on any atom is -0.390 e. The van der Waals surface area contributed by atoms with Crippen molar-refractivity contribution in [1.82, 2.24) is 9.97 Å². The molecule has 1 aromatic heterocycles. The summed E-state index contributed by atoms with van der Waals surface area (Å²) in [5.74, 6) is 0.183. The third-order valence-electron chi connectivity index (χ3n) is 0.678. The highest BCUT2D eigenvalue weighted by Crippen LogP contribution is 1.99. The molecule has 48 valence electrons. The minimum atomic E-state index is -0.859. The second-order valence-corrected chi connectivity index (χ2v) is 1.33. The quantitative estimate of drug-likeness (QED) is 0.551. The van der Waals surface area contributed by atoms with E-state index < -0.39 is 6.09 Å². The van der Waals surface area contributed by atoms with Crippen LogP contribution in [0.2, 0.25) is 0 Å². The van der Waals surface area contributed by atoms with Gasteiger partial charge in [0.05, 0.1) is 12.5 Å². The van der Waals surface area contributed by atoms with Crippen molar-refractivity contribution in [2.75, 3.05) is 0 Å². The van der Waals surface area contributed by atoms with Crippen LogP contribution in [0.5, 0.6) is 5.88 Å². The van der Waals surface area contributed by atoms with Gasteiger partial charge in [-0.15, -0.1) is 0 Å². The Labute approximate surface area is 50.8 Å². The second kappa shape index (κ2) is 2.17. The molecule has 0 radical (unpaired) electrons. The van der Waals surface area contributed by atoms with E-state index in [2.05, 4.69) is 20.4 Å². The fourth-order valence-electron chi connectivity index (χ4n) is 0.406. The number of imidazole rings is 1. The Morgan fingerprint density at radius 3 is 3.11 bits per heavy atom. The van der Waals surface area contributed by atoms with E-state index in [4.69, 9.17) is 0 Å². The number of amides is 1. The molecule has 1 aromatic rings. The molecule has 0 saturated carbocycles. The van der Waals surface area contributed by atoms with Crippen molar-refractivity contribution in [2.24, 2.45) is 5.73 Å². The molecule has 3 N–H and O–H groups in total. The molecule has 0 aliphatic heterocycles. The topological polar surface area (TPSA) is 81.0 Å². The molecule has 1 rings (SSSR count). The first-order valence-corrected chi connectivity index (χ1v) is 2.25. The zero-order valence-corrected chi connectivity index (χ0v) is 4.50. The molecule has 0 aliphatic carbocycles. The fraction of sp³-hybridized carbons (Fsp3) is 0. The van der Waals surface area contributed by atoms with Crippen LogP contribution in [-0.2, 0) is 0 Å². The van der Waals surface area contributed by atoms with E-state index in [1.54, 1.807) is 0 Å². The number of aromatic amines is 1. The maximum atomic E-state index is 10.0. The molecule has 0 atom stereocenters. The molecule has 9 heavy (non-hydrogen) atoms. The Balaban J connectivity index is 2.58. The van der Waals surface area contributed by atoms with E-state index in [0.717, 1.165) is 0 Å². The van der Waals surface area contributed by atoms with Crippen molar-refractivity contribution in [3.8, 4) is 5.88 Å². The number of nitrogens with zero attached hydrogens (tertiary/aromatic N) is 1. The molecule has 1 amide bonds. The van der Waals surface area contributed by atoms with Gasteiger partial charge in [-0.05, 0) is 0 Å².